The molecule has 4 aliphatic carbocycles. The van der Waals surface area contributed by atoms with Gasteiger partial charge in [-0.05, 0) is 62.5 Å². The van der Waals surface area contributed by atoms with Gasteiger partial charge in [-0.3, -0.25) is 4.79 Å². The maximum Gasteiger partial charge on any atom is 0.226 e. The van der Waals surface area contributed by atoms with Gasteiger partial charge in [-0.2, -0.15) is 0 Å². The smallest absolute Gasteiger partial charge is 0.226 e. The predicted octanol–water partition coefficient (Wildman–Crippen LogP) is 3.63. The van der Waals surface area contributed by atoms with Crippen LogP contribution in [0.4, 0.5) is 0 Å². The van der Waals surface area contributed by atoms with Crippen LogP contribution in [0, 0.1) is 17.3 Å². The molecule has 0 aromatic carbocycles. The van der Waals surface area contributed by atoms with Crippen LogP contribution in [-0.4, -0.2) is 10.2 Å². The molecule has 108 valence electrons. The Hall–Kier alpha value is -0.770. The van der Waals surface area contributed by atoms with Crippen LogP contribution in [0.3, 0.4) is 0 Å². The van der Waals surface area contributed by atoms with Gasteiger partial charge in [0.1, 0.15) is 5.76 Å². The SMILES string of the molecule is O=C(NCc1ccco1)C12CC3CC(CC(Br)(C3)C1)C2. The van der Waals surface area contributed by atoms with E-state index in [1.165, 1.54) is 19.3 Å². The van der Waals surface area contributed by atoms with Crippen molar-refractivity contribution in [2.75, 3.05) is 0 Å². The fourth-order valence-corrected chi connectivity index (χ4v) is 6.64. The third-order valence-corrected chi connectivity index (χ3v) is 6.40. The Morgan fingerprint density at radius 3 is 2.70 bits per heavy atom. The highest BCUT2D eigenvalue weighted by molar-refractivity contribution is 9.10. The van der Waals surface area contributed by atoms with E-state index >= 15 is 0 Å². The lowest BCUT2D eigenvalue weighted by Crippen LogP contribution is -2.58. The molecule has 20 heavy (non-hydrogen) atoms. The Morgan fingerprint density at radius 1 is 1.35 bits per heavy atom. The predicted molar refractivity (Wildman–Crippen MR) is 79.3 cm³/mol. The van der Waals surface area contributed by atoms with Crippen LogP contribution in [0.5, 0.6) is 0 Å². The summed E-state index contributed by atoms with van der Waals surface area (Å²) in [6, 6.07) is 3.77. The number of alkyl halides is 1. The third-order valence-electron chi connectivity index (χ3n) is 5.47. The number of rotatable bonds is 3. The van der Waals surface area contributed by atoms with Gasteiger partial charge in [0, 0.05) is 4.32 Å². The van der Waals surface area contributed by atoms with Gasteiger partial charge in [0.25, 0.3) is 0 Å². The summed E-state index contributed by atoms with van der Waals surface area (Å²) in [6.07, 6.45) is 8.69. The summed E-state index contributed by atoms with van der Waals surface area (Å²) in [7, 11) is 0. The van der Waals surface area contributed by atoms with Crippen molar-refractivity contribution in [3.63, 3.8) is 0 Å². The molecule has 4 heteroatoms. The molecule has 1 aromatic heterocycles. The molecule has 0 aliphatic heterocycles. The maximum atomic E-state index is 12.8. The number of carbonyl (C=O) groups excluding carboxylic acids is 1. The summed E-state index contributed by atoms with van der Waals surface area (Å²) in [6.45, 7) is 0.512. The van der Waals surface area contributed by atoms with Gasteiger partial charge in [-0.15, -0.1) is 0 Å². The topological polar surface area (TPSA) is 42.2 Å². The summed E-state index contributed by atoms with van der Waals surface area (Å²) in [5.41, 5.74) is -0.125. The molecule has 4 fully saturated rings. The Bertz CT molecular complexity index is 511. The number of halogens is 1. The van der Waals surface area contributed by atoms with Crippen molar-refractivity contribution < 1.29 is 9.21 Å². The number of amides is 1. The zero-order valence-electron chi connectivity index (χ0n) is 11.5. The van der Waals surface area contributed by atoms with Crippen molar-refractivity contribution in [2.45, 2.75) is 49.4 Å². The minimum atomic E-state index is -0.125. The van der Waals surface area contributed by atoms with Gasteiger partial charge in [-0.25, -0.2) is 0 Å². The lowest BCUT2D eigenvalue weighted by atomic mass is 9.49. The van der Waals surface area contributed by atoms with Gasteiger partial charge in [0.05, 0.1) is 18.2 Å². The molecule has 1 N–H and O–H groups in total. The van der Waals surface area contributed by atoms with Crippen molar-refractivity contribution in [1.29, 1.82) is 0 Å². The first-order chi connectivity index (χ1) is 9.57. The van der Waals surface area contributed by atoms with Gasteiger partial charge < -0.3 is 9.73 Å². The Labute approximate surface area is 127 Å². The fraction of sp³-hybridized carbons (Fsp3) is 0.688. The van der Waals surface area contributed by atoms with Crippen molar-refractivity contribution in [1.82, 2.24) is 5.32 Å². The van der Waals surface area contributed by atoms with Crippen molar-refractivity contribution in [3.05, 3.63) is 24.2 Å². The van der Waals surface area contributed by atoms with E-state index in [9.17, 15) is 4.79 Å². The summed E-state index contributed by atoms with van der Waals surface area (Å²) >= 11 is 3.95. The van der Waals surface area contributed by atoms with Crippen LogP contribution >= 0.6 is 15.9 Å². The summed E-state index contributed by atoms with van der Waals surface area (Å²) in [5, 5.41) is 3.11. The van der Waals surface area contributed by atoms with Crippen LogP contribution in [-0.2, 0) is 11.3 Å². The lowest BCUT2D eigenvalue weighted by Gasteiger charge is -2.59. The number of furan rings is 1. The van der Waals surface area contributed by atoms with Crippen LogP contribution in [0.1, 0.15) is 44.3 Å². The second kappa shape index (κ2) is 4.36. The monoisotopic (exact) mass is 337 g/mol. The molecule has 5 rings (SSSR count). The first-order valence-electron chi connectivity index (χ1n) is 7.57. The highest BCUT2D eigenvalue weighted by atomic mass is 79.9. The van der Waals surface area contributed by atoms with Crippen molar-refractivity contribution in [3.8, 4) is 0 Å². The normalized spacial score (nSPS) is 41.9. The third kappa shape index (κ3) is 2.03. The molecule has 2 atom stereocenters. The quantitative estimate of drug-likeness (QED) is 0.855. The first kappa shape index (κ1) is 12.9. The van der Waals surface area contributed by atoms with E-state index in [4.69, 9.17) is 4.42 Å². The second-order valence-corrected chi connectivity index (χ2v) is 8.84. The van der Waals surface area contributed by atoms with E-state index in [1.807, 2.05) is 12.1 Å². The Morgan fingerprint density at radius 2 is 2.10 bits per heavy atom. The number of nitrogens with one attached hydrogen (secondary N) is 1. The van der Waals surface area contributed by atoms with Crippen molar-refractivity contribution in [2.24, 2.45) is 17.3 Å². The van der Waals surface area contributed by atoms with E-state index in [2.05, 4.69) is 21.2 Å². The minimum absolute atomic E-state index is 0.125. The summed E-state index contributed by atoms with van der Waals surface area (Å²) in [4.78, 5) is 12.8. The zero-order valence-corrected chi connectivity index (χ0v) is 13.1. The van der Waals surface area contributed by atoms with Crippen LogP contribution in [0.15, 0.2) is 22.8 Å². The number of hydrogen-bond donors (Lipinski definition) is 1. The largest absolute Gasteiger partial charge is 0.467 e. The van der Waals surface area contributed by atoms with E-state index < -0.39 is 0 Å². The molecule has 1 aromatic rings. The Kier molecular flexibility index (Phi) is 2.82. The fourth-order valence-electron chi connectivity index (χ4n) is 5.18. The van der Waals surface area contributed by atoms with Gasteiger partial charge in [0.15, 0.2) is 0 Å². The van der Waals surface area contributed by atoms with Gasteiger partial charge in [-0.1, -0.05) is 15.9 Å². The minimum Gasteiger partial charge on any atom is -0.467 e. The molecule has 3 nitrogen and oxygen atoms in total. The maximum absolute atomic E-state index is 12.8. The van der Waals surface area contributed by atoms with Gasteiger partial charge in [0.2, 0.25) is 5.91 Å². The number of hydrogen-bond acceptors (Lipinski definition) is 2. The molecular formula is C16H20BrNO2. The molecule has 2 unspecified atom stereocenters. The zero-order chi connectivity index (χ0) is 13.8. The lowest BCUT2D eigenvalue weighted by molar-refractivity contribution is -0.144. The van der Waals surface area contributed by atoms with Crippen LogP contribution in [0.2, 0.25) is 0 Å². The molecule has 0 spiro atoms. The average Bonchev–Trinajstić information content (AvgIpc) is 2.85. The standard InChI is InChI=1S/C16H20BrNO2/c17-16-7-11-4-12(8-16)6-15(5-11,10-16)14(19)18-9-13-2-1-3-20-13/h1-3,11-12H,4-10H2,(H,18,19). The van der Waals surface area contributed by atoms with Crippen LogP contribution in [0.25, 0.3) is 0 Å². The molecule has 0 radical (unpaired) electrons. The summed E-state index contributed by atoms with van der Waals surface area (Å²) < 4.78 is 5.53. The first-order valence-corrected chi connectivity index (χ1v) is 8.36. The van der Waals surface area contributed by atoms with E-state index in [1.54, 1.807) is 6.26 Å². The number of carbonyl (C=O) groups is 1. The summed E-state index contributed by atoms with van der Waals surface area (Å²) in [5.74, 6) is 2.55. The molecule has 1 heterocycles. The van der Waals surface area contributed by atoms with E-state index in [-0.39, 0.29) is 15.6 Å². The highest BCUT2D eigenvalue weighted by Crippen LogP contribution is 2.64. The molecule has 4 bridgehead atoms. The highest BCUT2D eigenvalue weighted by Gasteiger charge is 2.59. The molecule has 4 aliphatic rings. The van der Waals surface area contributed by atoms with Crippen LogP contribution < -0.4 is 5.32 Å². The molecular weight excluding hydrogens is 318 g/mol. The molecule has 0 saturated heterocycles. The molecule has 1 amide bonds. The average molecular weight is 338 g/mol. The second-order valence-electron chi connectivity index (χ2n) is 7.15. The van der Waals surface area contributed by atoms with E-state index in [0.717, 1.165) is 36.9 Å². The Balaban J connectivity index is 1.51. The van der Waals surface area contributed by atoms with E-state index in [0.29, 0.717) is 6.54 Å². The van der Waals surface area contributed by atoms with Gasteiger partial charge >= 0.3 is 0 Å². The molecule has 4 saturated carbocycles. The van der Waals surface area contributed by atoms with Crippen molar-refractivity contribution >= 4 is 21.8 Å².